The first-order chi connectivity index (χ1) is 13.7. The minimum absolute atomic E-state index is 0.0425. The summed E-state index contributed by atoms with van der Waals surface area (Å²) < 4.78 is 5.87. The third-order valence-corrected chi connectivity index (χ3v) is 4.31. The number of phenols is 1. The molecule has 3 aromatic rings. The van der Waals surface area contributed by atoms with Gasteiger partial charge in [0.1, 0.15) is 17.6 Å². The number of ether oxygens (including phenoxy) is 1. The molecule has 4 rings (SSSR count). The molecule has 0 amide bonds. The molecule has 1 heterocycles. The van der Waals surface area contributed by atoms with Crippen molar-refractivity contribution in [3.05, 3.63) is 102 Å². The number of hydrogen-bond acceptors (Lipinski definition) is 4. The zero-order valence-corrected chi connectivity index (χ0v) is 15.4. The number of carbonyl (C=O) groups is 1. The molecule has 1 aliphatic heterocycles. The number of Topliss-reactive ketones (excluding diaryl/α,β-unsaturated/α-hetero) is 1. The maximum absolute atomic E-state index is 12.0. The van der Waals surface area contributed by atoms with Gasteiger partial charge in [0.25, 0.3) is 0 Å². The maximum Gasteiger partial charge on any atom is 0.170 e. The standard InChI is InChI=1S/C15H12O2.C9H10O2/c16-13-10-15(11-6-2-1-3-7-11)17-14-9-5-4-8-12(13)14;10-7-1-2-8-3-5-9(11)6-4-8/h1-9,15H,10H2;1-6,10-11H,7H2. The largest absolute Gasteiger partial charge is 0.508 e. The van der Waals surface area contributed by atoms with E-state index in [2.05, 4.69) is 0 Å². The lowest BCUT2D eigenvalue weighted by Gasteiger charge is -2.25. The van der Waals surface area contributed by atoms with Crippen LogP contribution in [0.5, 0.6) is 11.5 Å². The van der Waals surface area contributed by atoms with Crippen molar-refractivity contribution in [2.75, 3.05) is 6.61 Å². The molecule has 0 saturated carbocycles. The highest BCUT2D eigenvalue weighted by Gasteiger charge is 2.26. The molecule has 4 heteroatoms. The number of aliphatic hydroxyl groups is 1. The van der Waals surface area contributed by atoms with Crippen LogP contribution < -0.4 is 4.74 Å². The van der Waals surface area contributed by atoms with Gasteiger partial charge in [-0.3, -0.25) is 4.79 Å². The lowest BCUT2D eigenvalue weighted by Crippen LogP contribution is -2.20. The van der Waals surface area contributed by atoms with Crippen molar-refractivity contribution >= 4 is 11.9 Å². The van der Waals surface area contributed by atoms with Crippen molar-refractivity contribution in [3.8, 4) is 11.5 Å². The van der Waals surface area contributed by atoms with E-state index >= 15 is 0 Å². The van der Waals surface area contributed by atoms with Gasteiger partial charge in [-0.25, -0.2) is 0 Å². The molecule has 2 N–H and O–H groups in total. The highest BCUT2D eigenvalue weighted by Crippen LogP contribution is 2.34. The third kappa shape index (κ3) is 5.09. The van der Waals surface area contributed by atoms with E-state index in [1.54, 1.807) is 36.4 Å². The first kappa shape index (κ1) is 19.4. The molecule has 4 nitrogen and oxygen atoms in total. The van der Waals surface area contributed by atoms with Gasteiger partial charge in [-0.2, -0.15) is 0 Å². The molecule has 1 aliphatic rings. The maximum atomic E-state index is 12.0. The van der Waals surface area contributed by atoms with Crippen LogP contribution in [0.3, 0.4) is 0 Å². The molecule has 1 unspecified atom stereocenters. The number of aliphatic hydroxyl groups excluding tert-OH is 1. The Kier molecular flexibility index (Phi) is 6.60. The second kappa shape index (κ2) is 9.53. The predicted octanol–water partition coefficient (Wildman–Crippen LogP) is 4.79. The van der Waals surface area contributed by atoms with Crippen LogP contribution in [0.15, 0.2) is 84.9 Å². The monoisotopic (exact) mass is 374 g/mol. The first-order valence-electron chi connectivity index (χ1n) is 9.07. The average Bonchev–Trinajstić information content (AvgIpc) is 2.74. The molecule has 0 aliphatic carbocycles. The molecule has 0 saturated heterocycles. The molecule has 0 aromatic heterocycles. The summed E-state index contributed by atoms with van der Waals surface area (Å²) in [5.41, 5.74) is 2.71. The Morgan fingerprint density at radius 1 is 0.929 bits per heavy atom. The van der Waals surface area contributed by atoms with E-state index < -0.39 is 0 Å². The fraction of sp³-hybridized carbons (Fsp3) is 0.125. The van der Waals surface area contributed by atoms with Crippen LogP contribution in [0, 0.1) is 0 Å². The predicted molar refractivity (Wildman–Crippen MR) is 109 cm³/mol. The van der Waals surface area contributed by atoms with Gasteiger partial charge in [-0.15, -0.1) is 0 Å². The Morgan fingerprint density at radius 2 is 1.61 bits per heavy atom. The summed E-state index contributed by atoms with van der Waals surface area (Å²) >= 11 is 0. The van der Waals surface area contributed by atoms with Gasteiger partial charge < -0.3 is 14.9 Å². The van der Waals surface area contributed by atoms with E-state index in [9.17, 15) is 4.79 Å². The van der Waals surface area contributed by atoms with Crippen molar-refractivity contribution in [2.45, 2.75) is 12.5 Å². The zero-order chi connectivity index (χ0) is 19.8. The number of ketones is 1. The second-order valence-corrected chi connectivity index (χ2v) is 6.32. The SMILES string of the molecule is O=C1CC(c2ccccc2)Oc2ccccc21.OCC=Cc1ccc(O)cc1. The van der Waals surface area contributed by atoms with E-state index in [0.29, 0.717) is 17.7 Å². The Morgan fingerprint density at radius 3 is 2.32 bits per heavy atom. The van der Waals surface area contributed by atoms with Crippen molar-refractivity contribution in [1.82, 2.24) is 0 Å². The van der Waals surface area contributed by atoms with E-state index in [4.69, 9.17) is 14.9 Å². The lowest BCUT2D eigenvalue weighted by atomic mass is 9.96. The lowest BCUT2D eigenvalue weighted by molar-refractivity contribution is 0.0850. The van der Waals surface area contributed by atoms with E-state index in [-0.39, 0.29) is 24.2 Å². The van der Waals surface area contributed by atoms with Gasteiger partial charge in [-0.05, 0) is 35.4 Å². The Bertz CT molecular complexity index is 930. The van der Waals surface area contributed by atoms with Crippen LogP contribution in [0.1, 0.15) is 34.0 Å². The number of rotatable bonds is 3. The summed E-state index contributed by atoms with van der Waals surface area (Å²) in [6, 6.07) is 24.1. The summed E-state index contributed by atoms with van der Waals surface area (Å²) in [6.45, 7) is 0.0425. The summed E-state index contributed by atoms with van der Waals surface area (Å²) in [6.07, 6.45) is 3.70. The van der Waals surface area contributed by atoms with Crippen LogP contribution in [0.4, 0.5) is 0 Å². The molecule has 28 heavy (non-hydrogen) atoms. The molecular formula is C24H22O4. The fourth-order valence-corrected chi connectivity index (χ4v) is 2.90. The molecule has 3 aromatic carbocycles. The van der Waals surface area contributed by atoms with E-state index in [1.807, 2.05) is 54.6 Å². The van der Waals surface area contributed by atoms with Gasteiger partial charge in [0.2, 0.25) is 0 Å². The van der Waals surface area contributed by atoms with Crippen molar-refractivity contribution in [3.63, 3.8) is 0 Å². The van der Waals surface area contributed by atoms with Gasteiger partial charge in [0.05, 0.1) is 18.6 Å². The fourth-order valence-electron chi connectivity index (χ4n) is 2.90. The topological polar surface area (TPSA) is 66.8 Å². The minimum atomic E-state index is -0.154. The van der Waals surface area contributed by atoms with Crippen molar-refractivity contribution in [1.29, 1.82) is 0 Å². The Labute approximate surface area is 164 Å². The third-order valence-electron chi connectivity index (χ3n) is 4.31. The van der Waals surface area contributed by atoms with Gasteiger partial charge in [0, 0.05) is 0 Å². The average molecular weight is 374 g/mol. The number of fused-ring (bicyclic) bond motifs is 1. The van der Waals surface area contributed by atoms with E-state index in [1.165, 1.54) is 0 Å². The van der Waals surface area contributed by atoms with Crippen LogP contribution >= 0.6 is 0 Å². The summed E-state index contributed by atoms with van der Waals surface area (Å²) in [5.74, 6) is 1.10. The quantitative estimate of drug-likeness (QED) is 0.692. The first-order valence-corrected chi connectivity index (χ1v) is 9.07. The van der Waals surface area contributed by atoms with Gasteiger partial charge in [-0.1, -0.05) is 66.7 Å². The summed E-state index contributed by atoms with van der Waals surface area (Å²) in [5, 5.41) is 17.4. The number of para-hydroxylation sites is 1. The minimum Gasteiger partial charge on any atom is -0.508 e. The van der Waals surface area contributed by atoms with Crippen LogP contribution in [-0.4, -0.2) is 22.6 Å². The van der Waals surface area contributed by atoms with Gasteiger partial charge in [0.15, 0.2) is 5.78 Å². The number of aromatic hydroxyl groups is 1. The summed E-state index contributed by atoms with van der Waals surface area (Å²) in [4.78, 5) is 12.0. The van der Waals surface area contributed by atoms with Crippen molar-refractivity contribution < 1.29 is 19.7 Å². The Hall–Kier alpha value is -3.37. The van der Waals surface area contributed by atoms with Crippen LogP contribution in [0.25, 0.3) is 6.08 Å². The molecule has 0 bridgehead atoms. The van der Waals surface area contributed by atoms with Crippen LogP contribution in [-0.2, 0) is 0 Å². The Balaban J connectivity index is 0.000000178. The molecule has 0 fully saturated rings. The molecular weight excluding hydrogens is 352 g/mol. The summed E-state index contributed by atoms with van der Waals surface area (Å²) in [7, 11) is 0. The zero-order valence-electron chi connectivity index (χ0n) is 15.4. The normalized spacial score (nSPS) is 15.3. The van der Waals surface area contributed by atoms with Crippen molar-refractivity contribution in [2.24, 2.45) is 0 Å². The molecule has 1 atom stereocenters. The molecule has 0 radical (unpaired) electrons. The number of phenolic OH excluding ortho intramolecular Hbond substituents is 1. The van der Waals surface area contributed by atoms with E-state index in [0.717, 1.165) is 11.1 Å². The highest BCUT2D eigenvalue weighted by molar-refractivity contribution is 5.99. The molecule has 0 spiro atoms. The highest BCUT2D eigenvalue weighted by atomic mass is 16.5. The number of benzene rings is 3. The molecule has 142 valence electrons. The second-order valence-electron chi connectivity index (χ2n) is 6.32. The number of carbonyl (C=O) groups excluding carboxylic acids is 1. The smallest absolute Gasteiger partial charge is 0.170 e. The van der Waals surface area contributed by atoms with Gasteiger partial charge >= 0.3 is 0 Å². The number of hydrogen-bond donors (Lipinski definition) is 2. The van der Waals surface area contributed by atoms with Crippen LogP contribution in [0.2, 0.25) is 0 Å².